The lowest BCUT2D eigenvalue weighted by Gasteiger charge is -2.23. The minimum atomic E-state index is -0.0326. The predicted molar refractivity (Wildman–Crippen MR) is 77.5 cm³/mol. The van der Waals surface area contributed by atoms with Crippen molar-refractivity contribution in [2.24, 2.45) is 5.73 Å². The van der Waals surface area contributed by atoms with Crippen LogP contribution < -0.4 is 15.8 Å². The number of rotatable bonds is 5. The molecule has 1 amide bonds. The van der Waals surface area contributed by atoms with Gasteiger partial charge in [-0.25, -0.2) is 0 Å². The fourth-order valence-electron chi connectivity index (χ4n) is 2.00. The Bertz CT molecular complexity index is 436. The molecule has 106 valence electrons. The number of ether oxygens (including phenoxy) is 1. The highest BCUT2D eigenvalue weighted by atomic mass is 16.5. The third kappa shape index (κ3) is 4.24. The number of nitrogens with two attached hydrogens (primary N) is 1. The molecule has 0 saturated heterocycles. The van der Waals surface area contributed by atoms with Gasteiger partial charge < -0.3 is 15.8 Å². The van der Waals surface area contributed by atoms with Gasteiger partial charge in [-0.1, -0.05) is 39.0 Å². The van der Waals surface area contributed by atoms with Gasteiger partial charge in [0.25, 0.3) is 0 Å². The fourth-order valence-corrected chi connectivity index (χ4v) is 2.00. The lowest BCUT2D eigenvalue weighted by atomic mass is 9.85. The van der Waals surface area contributed by atoms with Crippen molar-refractivity contribution in [1.82, 2.24) is 5.32 Å². The van der Waals surface area contributed by atoms with Gasteiger partial charge in [-0.2, -0.15) is 0 Å². The molecule has 0 saturated carbocycles. The third-order valence-electron chi connectivity index (χ3n) is 2.93. The van der Waals surface area contributed by atoms with E-state index in [-0.39, 0.29) is 11.3 Å². The third-order valence-corrected chi connectivity index (χ3v) is 2.93. The van der Waals surface area contributed by atoms with Crippen molar-refractivity contribution < 1.29 is 9.53 Å². The summed E-state index contributed by atoms with van der Waals surface area (Å²) in [5, 5.41) is 2.77. The number of methoxy groups -OCH3 is 1. The van der Waals surface area contributed by atoms with Gasteiger partial charge in [-0.3, -0.25) is 4.79 Å². The van der Waals surface area contributed by atoms with Gasteiger partial charge in [0.05, 0.1) is 13.5 Å². The quantitative estimate of drug-likeness (QED) is 0.849. The first kappa shape index (κ1) is 15.5. The number of carbonyl (C=O) groups is 1. The normalized spacial score (nSPS) is 11.2. The first-order valence-corrected chi connectivity index (χ1v) is 6.53. The molecule has 0 fully saturated rings. The van der Waals surface area contributed by atoms with E-state index >= 15 is 0 Å². The van der Waals surface area contributed by atoms with Gasteiger partial charge in [0.15, 0.2) is 0 Å². The Balaban J connectivity index is 2.99. The molecule has 0 unspecified atom stereocenters. The zero-order valence-corrected chi connectivity index (χ0v) is 12.2. The van der Waals surface area contributed by atoms with Crippen LogP contribution in [0.5, 0.6) is 5.75 Å². The summed E-state index contributed by atoms with van der Waals surface area (Å²) in [6.45, 7) is 7.33. The average Bonchev–Trinajstić information content (AvgIpc) is 2.35. The van der Waals surface area contributed by atoms with Crippen molar-refractivity contribution in [3.63, 3.8) is 0 Å². The Morgan fingerprint density at radius 3 is 2.58 bits per heavy atom. The molecule has 0 bridgehead atoms. The number of para-hydroxylation sites is 1. The van der Waals surface area contributed by atoms with E-state index in [1.165, 1.54) is 0 Å². The fraction of sp³-hybridized carbons (Fsp3) is 0.533. The molecule has 19 heavy (non-hydrogen) atoms. The highest BCUT2D eigenvalue weighted by Crippen LogP contribution is 2.34. The summed E-state index contributed by atoms with van der Waals surface area (Å²) in [5.74, 6) is 0.771. The summed E-state index contributed by atoms with van der Waals surface area (Å²) in [7, 11) is 1.64. The smallest absolute Gasteiger partial charge is 0.224 e. The van der Waals surface area contributed by atoms with Crippen molar-refractivity contribution in [2.45, 2.75) is 32.6 Å². The second-order valence-electron chi connectivity index (χ2n) is 5.56. The average molecular weight is 264 g/mol. The van der Waals surface area contributed by atoms with Crippen molar-refractivity contribution in [3.05, 3.63) is 29.3 Å². The van der Waals surface area contributed by atoms with E-state index in [4.69, 9.17) is 10.5 Å². The molecular formula is C15H24N2O2. The van der Waals surface area contributed by atoms with Gasteiger partial charge in [0.2, 0.25) is 5.91 Å². The molecule has 0 aromatic heterocycles. The van der Waals surface area contributed by atoms with Gasteiger partial charge in [0, 0.05) is 18.7 Å². The van der Waals surface area contributed by atoms with Crippen molar-refractivity contribution in [2.75, 3.05) is 20.2 Å². The van der Waals surface area contributed by atoms with Gasteiger partial charge >= 0.3 is 0 Å². The van der Waals surface area contributed by atoms with E-state index in [0.29, 0.717) is 19.5 Å². The molecule has 3 N–H and O–H groups in total. The first-order valence-electron chi connectivity index (χ1n) is 6.53. The second kappa shape index (κ2) is 6.57. The summed E-state index contributed by atoms with van der Waals surface area (Å²) in [4.78, 5) is 11.8. The van der Waals surface area contributed by atoms with Crippen LogP contribution in [0.25, 0.3) is 0 Å². The lowest BCUT2D eigenvalue weighted by Crippen LogP contribution is -2.30. The zero-order valence-electron chi connectivity index (χ0n) is 12.2. The number of benzene rings is 1. The monoisotopic (exact) mass is 264 g/mol. The summed E-state index contributed by atoms with van der Waals surface area (Å²) in [5.41, 5.74) is 7.37. The molecule has 0 spiro atoms. The first-order chi connectivity index (χ1) is 8.90. The van der Waals surface area contributed by atoms with E-state index in [0.717, 1.165) is 16.9 Å². The maximum absolute atomic E-state index is 11.8. The van der Waals surface area contributed by atoms with Crippen molar-refractivity contribution in [1.29, 1.82) is 0 Å². The molecule has 0 radical (unpaired) electrons. The number of hydrogen-bond acceptors (Lipinski definition) is 3. The van der Waals surface area contributed by atoms with Crippen LogP contribution >= 0.6 is 0 Å². The lowest BCUT2D eigenvalue weighted by molar-refractivity contribution is -0.120. The van der Waals surface area contributed by atoms with E-state index in [1.807, 2.05) is 18.2 Å². The zero-order chi connectivity index (χ0) is 14.5. The maximum Gasteiger partial charge on any atom is 0.224 e. The summed E-state index contributed by atoms with van der Waals surface area (Å²) in [6, 6.07) is 5.94. The molecule has 0 heterocycles. The predicted octanol–water partition coefficient (Wildman–Crippen LogP) is 1.61. The number of nitrogens with one attached hydrogen (secondary N) is 1. The molecule has 0 atom stereocenters. The highest BCUT2D eigenvalue weighted by Gasteiger charge is 2.21. The Labute approximate surface area is 115 Å². The molecule has 4 heteroatoms. The Morgan fingerprint density at radius 2 is 2.05 bits per heavy atom. The van der Waals surface area contributed by atoms with Crippen LogP contribution in [0.4, 0.5) is 0 Å². The number of amides is 1. The SMILES string of the molecule is COc1c(CC(=O)NCCN)cccc1C(C)(C)C. The minimum absolute atomic E-state index is 0.0188. The van der Waals surface area contributed by atoms with E-state index in [2.05, 4.69) is 26.1 Å². The standard InChI is InChI=1S/C15H24N2O2/c1-15(2,3)12-7-5-6-11(14(12)19-4)10-13(18)17-9-8-16/h5-7H,8-10,16H2,1-4H3,(H,17,18). The molecule has 1 aromatic rings. The van der Waals surface area contributed by atoms with Crippen LogP contribution in [0.2, 0.25) is 0 Å². The van der Waals surface area contributed by atoms with Crippen LogP contribution in [0.1, 0.15) is 31.9 Å². The van der Waals surface area contributed by atoms with Gasteiger partial charge in [0.1, 0.15) is 5.75 Å². The van der Waals surface area contributed by atoms with Gasteiger partial charge in [-0.05, 0) is 11.0 Å². The topological polar surface area (TPSA) is 64.3 Å². The minimum Gasteiger partial charge on any atom is -0.496 e. The molecule has 1 rings (SSSR count). The maximum atomic E-state index is 11.8. The Hall–Kier alpha value is -1.55. The van der Waals surface area contributed by atoms with Crippen LogP contribution in [-0.4, -0.2) is 26.1 Å². The summed E-state index contributed by atoms with van der Waals surface area (Å²) < 4.78 is 5.50. The Kier molecular flexibility index (Phi) is 5.36. The van der Waals surface area contributed by atoms with Crippen LogP contribution in [0.15, 0.2) is 18.2 Å². The molecular weight excluding hydrogens is 240 g/mol. The molecule has 4 nitrogen and oxygen atoms in total. The second-order valence-corrected chi connectivity index (χ2v) is 5.56. The molecule has 0 aliphatic rings. The number of hydrogen-bond donors (Lipinski definition) is 2. The largest absolute Gasteiger partial charge is 0.496 e. The molecule has 0 aliphatic heterocycles. The molecule has 1 aromatic carbocycles. The van der Waals surface area contributed by atoms with Gasteiger partial charge in [-0.15, -0.1) is 0 Å². The summed E-state index contributed by atoms with van der Waals surface area (Å²) in [6.07, 6.45) is 0.313. The van der Waals surface area contributed by atoms with Crippen LogP contribution in [0.3, 0.4) is 0 Å². The van der Waals surface area contributed by atoms with Crippen molar-refractivity contribution in [3.8, 4) is 5.75 Å². The van der Waals surface area contributed by atoms with E-state index in [9.17, 15) is 4.79 Å². The summed E-state index contributed by atoms with van der Waals surface area (Å²) >= 11 is 0. The highest BCUT2D eigenvalue weighted by molar-refractivity contribution is 5.79. The molecule has 0 aliphatic carbocycles. The Morgan fingerprint density at radius 1 is 1.37 bits per heavy atom. The van der Waals surface area contributed by atoms with E-state index < -0.39 is 0 Å². The number of carbonyl (C=O) groups excluding carboxylic acids is 1. The van der Waals surface area contributed by atoms with Crippen molar-refractivity contribution >= 4 is 5.91 Å². The van der Waals surface area contributed by atoms with Crippen LogP contribution in [0, 0.1) is 0 Å². The van der Waals surface area contributed by atoms with E-state index in [1.54, 1.807) is 7.11 Å². The van der Waals surface area contributed by atoms with Crippen LogP contribution in [-0.2, 0) is 16.6 Å².